The molecular weight excluding hydrogens is 218 g/mol. The minimum Gasteiger partial charge on any atom is -0.394 e. The van der Waals surface area contributed by atoms with E-state index < -0.39 is 6.10 Å². The van der Waals surface area contributed by atoms with Crippen LogP contribution in [0.1, 0.15) is 24.5 Å². The Hall–Kier alpha value is -1.39. The first kappa shape index (κ1) is 12.1. The number of rotatable bonds is 3. The van der Waals surface area contributed by atoms with Crippen molar-refractivity contribution in [3.8, 4) is 0 Å². The van der Waals surface area contributed by atoms with Crippen LogP contribution in [0.15, 0.2) is 30.3 Å². The maximum absolute atomic E-state index is 12.1. The Kier molecular flexibility index (Phi) is 3.76. The molecule has 4 heteroatoms. The highest BCUT2D eigenvalue weighted by atomic mass is 16.3. The van der Waals surface area contributed by atoms with E-state index in [9.17, 15) is 9.90 Å². The van der Waals surface area contributed by atoms with Crippen LogP contribution in [0.5, 0.6) is 0 Å². The first-order valence-corrected chi connectivity index (χ1v) is 5.88. The minimum atomic E-state index is -1.12. The van der Waals surface area contributed by atoms with E-state index >= 15 is 0 Å². The molecule has 0 radical (unpaired) electrons. The summed E-state index contributed by atoms with van der Waals surface area (Å²) >= 11 is 0. The molecule has 1 heterocycles. The number of carbonyl (C=O) groups is 1. The lowest BCUT2D eigenvalue weighted by molar-refractivity contribution is -0.142. The van der Waals surface area contributed by atoms with Crippen LogP contribution in [0.3, 0.4) is 0 Å². The van der Waals surface area contributed by atoms with Crippen LogP contribution >= 0.6 is 0 Å². The molecule has 92 valence electrons. The van der Waals surface area contributed by atoms with Gasteiger partial charge < -0.3 is 15.1 Å². The molecule has 1 fully saturated rings. The van der Waals surface area contributed by atoms with Crippen molar-refractivity contribution in [2.24, 2.45) is 0 Å². The molecule has 0 bridgehead atoms. The number of nitrogens with zero attached hydrogens (tertiary/aromatic N) is 1. The van der Waals surface area contributed by atoms with Gasteiger partial charge in [0, 0.05) is 6.54 Å². The molecule has 0 unspecified atom stereocenters. The van der Waals surface area contributed by atoms with E-state index in [0.29, 0.717) is 12.1 Å². The van der Waals surface area contributed by atoms with Crippen LogP contribution < -0.4 is 0 Å². The Bertz CT molecular complexity index is 380. The van der Waals surface area contributed by atoms with E-state index in [0.717, 1.165) is 12.8 Å². The Morgan fingerprint density at radius 2 is 2.12 bits per heavy atom. The van der Waals surface area contributed by atoms with Crippen molar-refractivity contribution in [2.75, 3.05) is 13.2 Å². The van der Waals surface area contributed by atoms with Crippen LogP contribution in [0.4, 0.5) is 0 Å². The van der Waals surface area contributed by atoms with E-state index in [1.807, 2.05) is 6.07 Å². The first-order chi connectivity index (χ1) is 8.24. The molecule has 1 aliphatic heterocycles. The summed E-state index contributed by atoms with van der Waals surface area (Å²) in [5.74, 6) is -0.312. The average molecular weight is 235 g/mol. The van der Waals surface area contributed by atoms with Gasteiger partial charge in [-0.2, -0.15) is 0 Å². The topological polar surface area (TPSA) is 60.8 Å². The van der Waals surface area contributed by atoms with Gasteiger partial charge in [0.15, 0.2) is 6.10 Å². The van der Waals surface area contributed by atoms with Gasteiger partial charge in [-0.3, -0.25) is 4.79 Å². The molecular formula is C13H17NO3. The lowest BCUT2D eigenvalue weighted by Gasteiger charge is -2.25. The minimum absolute atomic E-state index is 0.0345. The summed E-state index contributed by atoms with van der Waals surface area (Å²) in [6, 6.07) is 8.74. The van der Waals surface area contributed by atoms with Crippen LogP contribution in [0.25, 0.3) is 0 Å². The summed E-state index contributed by atoms with van der Waals surface area (Å²) < 4.78 is 0. The SMILES string of the molecule is O=C([C@@H](O)c1ccccc1)N1CCC[C@H]1CO. The van der Waals surface area contributed by atoms with Crippen molar-refractivity contribution < 1.29 is 15.0 Å². The molecule has 0 aliphatic carbocycles. The normalized spacial score (nSPS) is 21.5. The largest absolute Gasteiger partial charge is 0.394 e. The van der Waals surface area contributed by atoms with Crippen LogP contribution in [-0.2, 0) is 4.79 Å². The standard InChI is InChI=1S/C13H17NO3/c15-9-11-7-4-8-14(11)13(17)12(16)10-5-2-1-3-6-10/h1-3,5-6,11-12,15-16H,4,7-9H2/t11-,12-/m0/s1. The fraction of sp³-hybridized carbons (Fsp3) is 0.462. The van der Waals surface area contributed by atoms with Crippen molar-refractivity contribution in [1.29, 1.82) is 0 Å². The third kappa shape index (κ3) is 2.48. The third-order valence-corrected chi connectivity index (χ3v) is 3.22. The van der Waals surface area contributed by atoms with Gasteiger partial charge in [-0.25, -0.2) is 0 Å². The Balaban J connectivity index is 2.10. The summed E-state index contributed by atoms with van der Waals surface area (Å²) in [4.78, 5) is 13.7. The van der Waals surface area contributed by atoms with Gasteiger partial charge in [-0.1, -0.05) is 30.3 Å². The highest BCUT2D eigenvalue weighted by Crippen LogP contribution is 2.22. The second-order valence-corrected chi connectivity index (χ2v) is 4.32. The van der Waals surface area contributed by atoms with Crippen molar-refractivity contribution >= 4 is 5.91 Å². The van der Waals surface area contributed by atoms with Gasteiger partial charge in [0.05, 0.1) is 12.6 Å². The van der Waals surface area contributed by atoms with E-state index in [2.05, 4.69) is 0 Å². The predicted molar refractivity (Wildman–Crippen MR) is 63.2 cm³/mol. The summed E-state index contributed by atoms with van der Waals surface area (Å²) in [7, 11) is 0. The molecule has 2 atom stereocenters. The number of hydrogen-bond acceptors (Lipinski definition) is 3. The molecule has 2 N–H and O–H groups in total. The van der Waals surface area contributed by atoms with Gasteiger partial charge in [-0.05, 0) is 18.4 Å². The van der Waals surface area contributed by atoms with Gasteiger partial charge in [-0.15, -0.1) is 0 Å². The fourth-order valence-electron chi connectivity index (χ4n) is 2.25. The van der Waals surface area contributed by atoms with Gasteiger partial charge in [0.2, 0.25) is 0 Å². The monoisotopic (exact) mass is 235 g/mol. The Morgan fingerprint density at radius 3 is 2.76 bits per heavy atom. The highest BCUT2D eigenvalue weighted by Gasteiger charge is 2.32. The predicted octanol–water partition coefficient (Wildman–Crippen LogP) is 0.703. The molecule has 2 rings (SSSR count). The lowest BCUT2D eigenvalue weighted by atomic mass is 10.1. The average Bonchev–Trinajstić information content (AvgIpc) is 2.86. The lowest BCUT2D eigenvalue weighted by Crippen LogP contribution is -2.40. The number of aliphatic hydroxyl groups is 2. The molecule has 0 spiro atoms. The zero-order chi connectivity index (χ0) is 12.3. The summed E-state index contributed by atoms with van der Waals surface area (Å²) in [6.07, 6.45) is 0.575. The molecule has 4 nitrogen and oxygen atoms in total. The molecule has 1 amide bonds. The third-order valence-electron chi connectivity index (χ3n) is 3.22. The number of amides is 1. The number of likely N-dealkylation sites (tertiary alicyclic amines) is 1. The molecule has 17 heavy (non-hydrogen) atoms. The van der Waals surface area contributed by atoms with E-state index in [-0.39, 0.29) is 18.6 Å². The molecule has 0 aromatic heterocycles. The molecule has 1 aromatic rings. The number of hydrogen-bond donors (Lipinski definition) is 2. The van der Waals surface area contributed by atoms with Crippen LogP contribution in [0, 0.1) is 0 Å². The molecule has 1 saturated heterocycles. The first-order valence-electron chi connectivity index (χ1n) is 5.88. The fourth-order valence-corrected chi connectivity index (χ4v) is 2.25. The zero-order valence-corrected chi connectivity index (χ0v) is 9.62. The smallest absolute Gasteiger partial charge is 0.256 e. The number of aliphatic hydroxyl groups excluding tert-OH is 2. The quantitative estimate of drug-likeness (QED) is 0.811. The van der Waals surface area contributed by atoms with Gasteiger partial charge in [0.1, 0.15) is 0 Å². The zero-order valence-electron chi connectivity index (χ0n) is 9.62. The summed E-state index contributed by atoms with van der Waals surface area (Å²) in [5, 5.41) is 19.2. The van der Waals surface area contributed by atoms with E-state index in [1.54, 1.807) is 29.2 Å². The molecule has 1 aliphatic rings. The van der Waals surface area contributed by atoms with Crippen molar-refractivity contribution in [3.63, 3.8) is 0 Å². The maximum atomic E-state index is 12.1. The highest BCUT2D eigenvalue weighted by molar-refractivity contribution is 5.82. The van der Waals surface area contributed by atoms with Crippen LogP contribution in [-0.4, -0.2) is 40.2 Å². The van der Waals surface area contributed by atoms with Crippen molar-refractivity contribution in [2.45, 2.75) is 25.0 Å². The van der Waals surface area contributed by atoms with E-state index in [1.165, 1.54) is 0 Å². The molecule has 1 aromatic carbocycles. The number of benzene rings is 1. The second kappa shape index (κ2) is 5.29. The van der Waals surface area contributed by atoms with Crippen molar-refractivity contribution in [1.82, 2.24) is 4.90 Å². The summed E-state index contributed by atoms with van der Waals surface area (Å²) in [6.45, 7) is 0.585. The number of carbonyl (C=O) groups excluding carboxylic acids is 1. The maximum Gasteiger partial charge on any atom is 0.256 e. The van der Waals surface area contributed by atoms with Gasteiger partial charge >= 0.3 is 0 Å². The van der Waals surface area contributed by atoms with Crippen molar-refractivity contribution in [3.05, 3.63) is 35.9 Å². The Labute approximate surface area is 100 Å². The second-order valence-electron chi connectivity index (χ2n) is 4.32. The summed E-state index contributed by atoms with van der Waals surface area (Å²) in [5.41, 5.74) is 0.598. The molecule has 0 saturated carbocycles. The van der Waals surface area contributed by atoms with E-state index in [4.69, 9.17) is 5.11 Å². The van der Waals surface area contributed by atoms with Gasteiger partial charge in [0.25, 0.3) is 5.91 Å². The Morgan fingerprint density at radius 1 is 1.41 bits per heavy atom. The van der Waals surface area contributed by atoms with Crippen LogP contribution in [0.2, 0.25) is 0 Å².